The molecular formula is C18H15Cl3FN3OS. The van der Waals surface area contributed by atoms with Crippen molar-refractivity contribution in [3.8, 4) is 5.75 Å². The number of rotatable bonds is 6. The maximum Gasteiger partial charge on any atom is 0.191 e. The minimum absolute atomic E-state index is 0.360. The molecule has 1 aromatic heterocycles. The SMILES string of the molecule is CC(Oc1ccc(Cl)cc1Cl)c1nnc(SCc2ccc(F)cc2Cl)n1C. The molecule has 0 amide bonds. The molecule has 27 heavy (non-hydrogen) atoms. The highest BCUT2D eigenvalue weighted by molar-refractivity contribution is 7.98. The molecular weight excluding hydrogens is 432 g/mol. The molecule has 0 aliphatic carbocycles. The predicted molar refractivity (Wildman–Crippen MR) is 107 cm³/mol. The van der Waals surface area contributed by atoms with Gasteiger partial charge in [0.05, 0.1) is 5.02 Å². The molecule has 3 aromatic rings. The lowest BCUT2D eigenvalue weighted by Crippen LogP contribution is -2.10. The Balaban J connectivity index is 1.70. The Hall–Kier alpha value is -1.47. The molecule has 0 saturated carbocycles. The van der Waals surface area contributed by atoms with Gasteiger partial charge in [0.15, 0.2) is 17.1 Å². The Morgan fingerprint density at radius 1 is 1.11 bits per heavy atom. The molecule has 9 heteroatoms. The van der Waals surface area contributed by atoms with E-state index in [1.54, 1.807) is 24.3 Å². The highest BCUT2D eigenvalue weighted by atomic mass is 35.5. The first-order valence-corrected chi connectivity index (χ1v) is 10.0. The Kier molecular flexibility index (Phi) is 6.52. The van der Waals surface area contributed by atoms with Crippen molar-refractivity contribution in [2.75, 3.05) is 0 Å². The van der Waals surface area contributed by atoms with Crippen LogP contribution >= 0.6 is 46.6 Å². The molecule has 0 aliphatic rings. The predicted octanol–water partition coefficient (Wildman–Crippen LogP) is 6.35. The second-order valence-corrected chi connectivity index (χ2v) is 7.95. The fraction of sp³-hybridized carbons (Fsp3) is 0.222. The van der Waals surface area contributed by atoms with Crippen LogP contribution in [-0.2, 0) is 12.8 Å². The van der Waals surface area contributed by atoms with Crippen LogP contribution in [0, 0.1) is 5.82 Å². The highest BCUT2D eigenvalue weighted by Gasteiger charge is 2.18. The number of aromatic nitrogens is 3. The highest BCUT2D eigenvalue weighted by Crippen LogP contribution is 2.32. The van der Waals surface area contributed by atoms with Gasteiger partial charge in [0.1, 0.15) is 11.6 Å². The molecule has 4 nitrogen and oxygen atoms in total. The lowest BCUT2D eigenvalue weighted by atomic mass is 10.2. The monoisotopic (exact) mass is 445 g/mol. The van der Waals surface area contributed by atoms with E-state index in [0.29, 0.717) is 37.6 Å². The van der Waals surface area contributed by atoms with Gasteiger partial charge in [-0.3, -0.25) is 0 Å². The summed E-state index contributed by atoms with van der Waals surface area (Å²) in [6.07, 6.45) is -0.370. The van der Waals surface area contributed by atoms with Gasteiger partial charge in [-0.05, 0) is 42.8 Å². The van der Waals surface area contributed by atoms with Crippen LogP contribution in [0.4, 0.5) is 4.39 Å². The van der Waals surface area contributed by atoms with Gasteiger partial charge in [0.25, 0.3) is 0 Å². The van der Waals surface area contributed by atoms with Crippen molar-refractivity contribution in [3.63, 3.8) is 0 Å². The average molecular weight is 447 g/mol. The lowest BCUT2D eigenvalue weighted by molar-refractivity contribution is 0.211. The van der Waals surface area contributed by atoms with Gasteiger partial charge in [-0.1, -0.05) is 52.6 Å². The summed E-state index contributed by atoms with van der Waals surface area (Å²) in [5.74, 6) is 1.35. The topological polar surface area (TPSA) is 39.9 Å². The van der Waals surface area contributed by atoms with E-state index in [1.165, 1.54) is 23.9 Å². The van der Waals surface area contributed by atoms with Crippen molar-refractivity contribution in [2.45, 2.75) is 23.9 Å². The van der Waals surface area contributed by atoms with Crippen LogP contribution in [0.15, 0.2) is 41.6 Å². The smallest absolute Gasteiger partial charge is 0.191 e. The molecule has 0 saturated heterocycles. The molecule has 0 spiro atoms. The van der Waals surface area contributed by atoms with E-state index in [9.17, 15) is 4.39 Å². The summed E-state index contributed by atoms with van der Waals surface area (Å²) in [5.41, 5.74) is 0.824. The minimum Gasteiger partial charge on any atom is -0.481 e. The Morgan fingerprint density at radius 2 is 1.89 bits per heavy atom. The first kappa shape index (κ1) is 20.3. The first-order chi connectivity index (χ1) is 12.8. The van der Waals surface area contributed by atoms with Crippen molar-refractivity contribution >= 4 is 46.6 Å². The van der Waals surface area contributed by atoms with Gasteiger partial charge >= 0.3 is 0 Å². The summed E-state index contributed by atoms with van der Waals surface area (Å²) >= 11 is 19.6. The van der Waals surface area contributed by atoms with Gasteiger partial charge in [-0.2, -0.15) is 0 Å². The molecule has 0 bridgehead atoms. The quantitative estimate of drug-likeness (QED) is 0.414. The van der Waals surface area contributed by atoms with Crippen LogP contribution in [0.5, 0.6) is 5.75 Å². The maximum atomic E-state index is 13.1. The van der Waals surface area contributed by atoms with Crippen molar-refractivity contribution in [1.82, 2.24) is 14.8 Å². The van der Waals surface area contributed by atoms with Crippen LogP contribution in [-0.4, -0.2) is 14.8 Å². The van der Waals surface area contributed by atoms with Crippen LogP contribution < -0.4 is 4.74 Å². The zero-order valence-corrected chi connectivity index (χ0v) is 17.5. The van der Waals surface area contributed by atoms with Crippen molar-refractivity contribution < 1.29 is 9.13 Å². The summed E-state index contributed by atoms with van der Waals surface area (Å²) in [7, 11) is 1.85. The summed E-state index contributed by atoms with van der Waals surface area (Å²) in [4.78, 5) is 0. The number of benzene rings is 2. The van der Waals surface area contributed by atoms with Gasteiger partial charge < -0.3 is 9.30 Å². The third kappa shape index (κ3) is 4.88. The third-order valence-electron chi connectivity index (χ3n) is 3.80. The van der Waals surface area contributed by atoms with Crippen molar-refractivity contribution in [1.29, 1.82) is 0 Å². The lowest BCUT2D eigenvalue weighted by Gasteiger charge is -2.15. The molecule has 3 rings (SSSR count). The summed E-state index contributed by atoms with van der Waals surface area (Å²) in [5, 5.41) is 10.5. The van der Waals surface area contributed by atoms with Gasteiger partial charge in [0.2, 0.25) is 0 Å². The van der Waals surface area contributed by atoms with Crippen LogP contribution in [0.1, 0.15) is 24.4 Å². The Labute approximate surface area is 175 Å². The maximum absolute atomic E-state index is 13.1. The van der Waals surface area contributed by atoms with E-state index in [1.807, 2.05) is 18.5 Å². The Bertz CT molecular complexity index is 967. The number of thioether (sulfide) groups is 1. The largest absolute Gasteiger partial charge is 0.481 e. The molecule has 1 atom stereocenters. The second-order valence-electron chi connectivity index (χ2n) is 5.76. The van der Waals surface area contributed by atoms with Gasteiger partial charge in [0, 0.05) is 22.8 Å². The summed E-state index contributed by atoms with van der Waals surface area (Å²) in [6, 6.07) is 9.39. The fourth-order valence-corrected chi connectivity index (χ4v) is 4.09. The first-order valence-electron chi connectivity index (χ1n) is 7.93. The molecule has 0 radical (unpaired) electrons. The van der Waals surface area contributed by atoms with E-state index in [0.717, 1.165) is 5.56 Å². The molecule has 1 unspecified atom stereocenters. The van der Waals surface area contributed by atoms with Gasteiger partial charge in [-0.15, -0.1) is 10.2 Å². The van der Waals surface area contributed by atoms with Gasteiger partial charge in [-0.25, -0.2) is 4.39 Å². The Morgan fingerprint density at radius 3 is 2.59 bits per heavy atom. The molecule has 2 aromatic carbocycles. The zero-order valence-electron chi connectivity index (χ0n) is 14.4. The second kappa shape index (κ2) is 8.69. The van der Waals surface area contributed by atoms with E-state index in [2.05, 4.69) is 10.2 Å². The fourth-order valence-electron chi connectivity index (χ4n) is 2.40. The molecule has 0 N–H and O–H groups in total. The molecule has 1 heterocycles. The van der Waals surface area contributed by atoms with E-state index >= 15 is 0 Å². The summed E-state index contributed by atoms with van der Waals surface area (Å²) in [6.45, 7) is 1.86. The van der Waals surface area contributed by atoms with Crippen molar-refractivity contribution in [2.24, 2.45) is 7.05 Å². The number of ether oxygens (including phenoxy) is 1. The zero-order chi connectivity index (χ0) is 19.6. The van der Waals surface area contributed by atoms with Crippen LogP contribution in [0.25, 0.3) is 0 Å². The summed E-state index contributed by atoms with van der Waals surface area (Å²) < 4.78 is 20.9. The molecule has 0 aliphatic heterocycles. The van der Waals surface area contributed by atoms with Crippen LogP contribution in [0.2, 0.25) is 15.1 Å². The van der Waals surface area contributed by atoms with E-state index in [-0.39, 0.29) is 11.9 Å². The number of halogens is 4. The van der Waals surface area contributed by atoms with E-state index < -0.39 is 0 Å². The minimum atomic E-state index is -0.370. The molecule has 0 fully saturated rings. The number of nitrogens with zero attached hydrogens (tertiary/aromatic N) is 3. The van der Waals surface area contributed by atoms with E-state index in [4.69, 9.17) is 39.5 Å². The number of hydrogen-bond donors (Lipinski definition) is 0. The normalized spacial score (nSPS) is 12.2. The molecule has 142 valence electrons. The third-order valence-corrected chi connectivity index (χ3v) is 5.75. The standard InChI is InChI=1S/C18H15Cl3FN3OS/c1-10(26-16-6-4-12(19)7-15(16)21)17-23-24-18(25(17)2)27-9-11-3-5-13(22)8-14(11)20/h3-8,10H,9H2,1-2H3. The number of hydrogen-bond acceptors (Lipinski definition) is 4. The van der Waals surface area contributed by atoms with Crippen LogP contribution in [0.3, 0.4) is 0 Å². The average Bonchev–Trinajstić information content (AvgIpc) is 2.97. The van der Waals surface area contributed by atoms with Crippen molar-refractivity contribution in [3.05, 3.63) is 68.7 Å².